The Morgan fingerprint density at radius 3 is 3.09 bits per heavy atom. The number of ether oxygens (including phenoxy) is 1. The third-order valence-electron chi connectivity index (χ3n) is 4.37. The predicted octanol–water partition coefficient (Wildman–Crippen LogP) is 0.212. The van der Waals surface area contributed by atoms with Crippen LogP contribution in [0.3, 0.4) is 0 Å². The second kappa shape index (κ2) is 6.91. The molecule has 1 saturated heterocycles. The van der Waals surface area contributed by atoms with Gasteiger partial charge in [-0.1, -0.05) is 12.1 Å². The fourth-order valence-corrected chi connectivity index (χ4v) is 3.25. The number of esters is 1. The summed E-state index contributed by atoms with van der Waals surface area (Å²) in [6, 6.07) is 7.50. The van der Waals surface area contributed by atoms with Crippen molar-refractivity contribution in [1.82, 2.24) is 9.78 Å². The molecule has 0 amide bonds. The number of rotatable bonds is 4. The minimum atomic E-state index is -0.0950. The monoisotopic (exact) mass is 316 g/mol. The van der Waals surface area contributed by atoms with E-state index in [0.717, 1.165) is 31.4 Å². The molecule has 6 heteroatoms. The van der Waals surface area contributed by atoms with E-state index < -0.39 is 0 Å². The molecule has 23 heavy (non-hydrogen) atoms. The van der Waals surface area contributed by atoms with Gasteiger partial charge in [-0.3, -0.25) is 9.59 Å². The Morgan fingerprint density at radius 2 is 2.26 bits per heavy atom. The number of likely N-dealkylation sites (tertiary alicyclic amines) is 1. The van der Waals surface area contributed by atoms with Crippen molar-refractivity contribution in [2.45, 2.75) is 26.4 Å². The molecule has 0 aliphatic carbocycles. The normalized spacial score (nSPS) is 21.3. The molecule has 1 aliphatic heterocycles. The van der Waals surface area contributed by atoms with Gasteiger partial charge in [-0.15, -0.1) is 0 Å². The van der Waals surface area contributed by atoms with Crippen LogP contribution in [0.25, 0.3) is 10.9 Å². The second-order valence-electron chi connectivity index (χ2n) is 5.98. The number of piperidine rings is 1. The minimum absolute atomic E-state index is 0.0376. The van der Waals surface area contributed by atoms with Crippen molar-refractivity contribution in [3.05, 3.63) is 40.7 Å². The number of benzene rings is 1. The van der Waals surface area contributed by atoms with Gasteiger partial charge in [0.25, 0.3) is 0 Å². The van der Waals surface area contributed by atoms with Crippen LogP contribution in [0.15, 0.2) is 35.3 Å². The fraction of sp³-hybridized carbons (Fsp3) is 0.471. The van der Waals surface area contributed by atoms with Crippen LogP contribution in [0.1, 0.15) is 19.8 Å². The Bertz CT molecular complexity index is 756. The number of carbonyl (C=O) groups excluding carboxylic acids is 1. The van der Waals surface area contributed by atoms with E-state index in [-0.39, 0.29) is 17.3 Å². The molecule has 2 heterocycles. The molecule has 1 N–H and O–H groups in total. The summed E-state index contributed by atoms with van der Waals surface area (Å²) in [5.41, 5.74) is 0.778. The van der Waals surface area contributed by atoms with E-state index in [4.69, 9.17) is 4.74 Å². The van der Waals surface area contributed by atoms with Crippen molar-refractivity contribution in [1.29, 1.82) is 0 Å². The molecule has 0 bridgehead atoms. The molecule has 2 aromatic rings. The van der Waals surface area contributed by atoms with Crippen LogP contribution in [0.5, 0.6) is 0 Å². The third-order valence-corrected chi connectivity index (χ3v) is 4.37. The van der Waals surface area contributed by atoms with E-state index in [1.54, 1.807) is 0 Å². The van der Waals surface area contributed by atoms with Gasteiger partial charge in [0.2, 0.25) is 5.43 Å². The maximum absolute atomic E-state index is 12.0. The number of quaternary nitrogens is 1. The van der Waals surface area contributed by atoms with Crippen LogP contribution in [0.2, 0.25) is 0 Å². The van der Waals surface area contributed by atoms with Gasteiger partial charge in [-0.2, -0.15) is 5.10 Å². The number of hydrogen-bond acceptors (Lipinski definition) is 4. The highest BCUT2D eigenvalue weighted by Gasteiger charge is 2.30. The van der Waals surface area contributed by atoms with Gasteiger partial charge in [0.05, 0.1) is 31.4 Å². The van der Waals surface area contributed by atoms with Crippen molar-refractivity contribution < 1.29 is 14.4 Å². The molecule has 0 spiro atoms. The summed E-state index contributed by atoms with van der Waals surface area (Å²) < 4.78 is 7.01. The number of fused-ring (bicyclic) bond motifs is 1. The Hall–Kier alpha value is -2.21. The molecule has 1 aliphatic rings. The van der Waals surface area contributed by atoms with Gasteiger partial charge in [0.15, 0.2) is 6.67 Å². The number of nitrogens with zero attached hydrogens (tertiary/aromatic N) is 2. The predicted molar refractivity (Wildman–Crippen MR) is 86.1 cm³/mol. The van der Waals surface area contributed by atoms with E-state index in [9.17, 15) is 9.59 Å². The first-order valence-corrected chi connectivity index (χ1v) is 8.14. The molecule has 0 saturated carbocycles. The summed E-state index contributed by atoms with van der Waals surface area (Å²) >= 11 is 0. The van der Waals surface area contributed by atoms with E-state index in [0.29, 0.717) is 18.7 Å². The van der Waals surface area contributed by atoms with Crippen LogP contribution in [0.4, 0.5) is 0 Å². The average molecular weight is 316 g/mol. The number of hydrogen-bond donors (Lipinski definition) is 1. The number of aromatic nitrogens is 2. The number of nitrogens with one attached hydrogen (secondary N) is 1. The lowest BCUT2D eigenvalue weighted by atomic mass is 9.98. The summed E-state index contributed by atoms with van der Waals surface area (Å²) in [6.45, 7) is 4.66. The minimum Gasteiger partial charge on any atom is -0.466 e. The molecule has 2 atom stereocenters. The molecule has 1 aromatic heterocycles. The Kier molecular flexibility index (Phi) is 4.71. The summed E-state index contributed by atoms with van der Waals surface area (Å²) in [4.78, 5) is 25.1. The van der Waals surface area contributed by atoms with Gasteiger partial charge in [-0.25, -0.2) is 4.68 Å². The van der Waals surface area contributed by atoms with Gasteiger partial charge < -0.3 is 9.64 Å². The first kappa shape index (κ1) is 15.7. The highest BCUT2D eigenvalue weighted by molar-refractivity contribution is 5.77. The quantitative estimate of drug-likeness (QED) is 0.819. The zero-order valence-corrected chi connectivity index (χ0v) is 13.3. The molecular formula is C17H22N3O3+. The molecule has 122 valence electrons. The summed E-state index contributed by atoms with van der Waals surface area (Å²) in [5, 5.41) is 4.96. The first-order chi connectivity index (χ1) is 11.2. The smallest absolute Gasteiger partial charge is 0.314 e. The summed E-state index contributed by atoms with van der Waals surface area (Å²) in [6.07, 6.45) is 3.26. The van der Waals surface area contributed by atoms with Crippen molar-refractivity contribution >= 4 is 16.9 Å². The average Bonchev–Trinajstić information content (AvgIpc) is 2.58. The fourth-order valence-electron chi connectivity index (χ4n) is 3.25. The largest absolute Gasteiger partial charge is 0.466 e. The molecule has 6 nitrogen and oxygen atoms in total. The third kappa shape index (κ3) is 3.42. The van der Waals surface area contributed by atoms with E-state index in [1.165, 1.54) is 11.1 Å². The number of para-hydroxylation sites is 1. The molecular weight excluding hydrogens is 294 g/mol. The Balaban J connectivity index is 1.78. The van der Waals surface area contributed by atoms with Gasteiger partial charge >= 0.3 is 5.97 Å². The van der Waals surface area contributed by atoms with Crippen LogP contribution < -0.4 is 10.3 Å². The second-order valence-corrected chi connectivity index (χ2v) is 5.98. The van der Waals surface area contributed by atoms with Crippen LogP contribution in [-0.2, 0) is 16.2 Å². The van der Waals surface area contributed by atoms with Crippen molar-refractivity contribution in [3.8, 4) is 0 Å². The Labute approximate surface area is 134 Å². The first-order valence-electron chi connectivity index (χ1n) is 8.14. The van der Waals surface area contributed by atoms with Crippen molar-refractivity contribution in [3.63, 3.8) is 0 Å². The standard InChI is InChI=1S/C17H21N3O3/c1-2-23-17(22)13-6-5-9-19(11-13)12-20-15-8-4-3-7-14(15)16(21)10-18-20/h3-4,7-8,10,13H,2,5-6,9,11-12H2,1H3/p+1/t13-/m0/s1. The Morgan fingerprint density at radius 1 is 1.43 bits per heavy atom. The zero-order chi connectivity index (χ0) is 16.2. The molecule has 0 radical (unpaired) electrons. The molecule has 1 fully saturated rings. The highest BCUT2D eigenvalue weighted by atomic mass is 16.5. The molecule has 1 unspecified atom stereocenters. The van der Waals surface area contributed by atoms with Crippen LogP contribution >= 0.6 is 0 Å². The van der Waals surface area contributed by atoms with Crippen molar-refractivity contribution in [2.24, 2.45) is 5.92 Å². The van der Waals surface area contributed by atoms with Crippen molar-refractivity contribution in [2.75, 3.05) is 19.7 Å². The van der Waals surface area contributed by atoms with Crippen LogP contribution in [-0.4, -0.2) is 35.4 Å². The van der Waals surface area contributed by atoms with E-state index >= 15 is 0 Å². The maximum Gasteiger partial charge on any atom is 0.314 e. The topological polar surface area (TPSA) is 65.6 Å². The lowest BCUT2D eigenvalue weighted by Crippen LogP contribution is -3.13. The SMILES string of the molecule is CCOC(=O)[C@H]1CCC[NH+](Cn2ncc(=O)c3ccccc32)C1. The van der Waals surface area contributed by atoms with Gasteiger partial charge in [0.1, 0.15) is 5.92 Å². The molecule has 3 rings (SSSR count). The summed E-state index contributed by atoms with van der Waals surface area (Å²) in [5.74, 6) is -0.133. The lowest BCUT2D eigenvalue weighted by Gasteiger charge is -2.29. The zero-order valence-electron chi connectivity index (χ0n) is 13.3. The number of carbonyl (C=O) groups is 1. The highest BCUT2D eigenvalue weighted by Crippen LogP contribution is 2.10. The van der Waals surface area contributed by atoms with E-state index in [1.807, 2.05) is 35.9 Å². The lowest BCUT2D eigenvalue weighted by molar-refractivity contribution is -0.930. The maximum atomic E-state index is 12.0. The van der Waals surface area contributed by atoms with E-state index in [2.05, 4.69) is 5.10 Å². The van der Waals surface area contributed by atoms with Crippen LogP contribution in [0, 0.1) is 5.92 Å². The molecule has 1 aromatic carbocycles. The van der Waals surface area contributed by atoms with Gasteiger partial charge in [-0.05, 0) is 31.9 Å². The summed E-state index contributed by atoms with van der Waals surface area (Å²) in [7, 11) is 0. The van der Waals surface area contributed by atoms with Gasteiger partial charge in [0, 0.05) is 5.39 Å².